The Morgan fingerprint density at radius 3 is 3.17 bits per heavy atom. The van der Waals surface area contributed by atoms with E-state index < -0.39 is 0 Å². The van der Waals surface area contributed by atoms with Crippen LogP contribution in [0.2, 0.25) is 0 Å². The highest BCUT2D eigenvalue weighted by atomic mass is 15.1. The normalized spacial score (nSPS) is 30.4. The van der Waals surface area contributed by atoms with Crippen LogP contribution in [0.15, 0.2) is 12.4 Å². The summed E-state index contributed by atoms with van der Waals surface area (Å²) in [5.41, 5.74) is 1.29. The molecule has 1 saturated heterocycles. The molecule has 1 aromatic rings. The lowest BCUT2D eigenvalue weighted by molar-refractivity contribution is 0.306. The van der Waals surface area contributed by atoms with Crippen LogP contribution in [0.1, 0.15) is 31.4 Å². The van der Waals surface area contributed by atoms with Gasteiger partial charge in [0.25, 0.3) is 0 Å². The molecule has 0 aliphatic carbocycles. The van der Waals surface area contributed by atoms with Crippen molar-refractivity contribution in [2.24, 2.45) is 5.92 Å². The van der Waals surface area contributed by atoms with E-state index >= 15 is 0 Å². The molecule has 2 rings (SSSR count). The van der Waals surface area contributed by atoms with Crippen LogP contribution in [-0.2, 0) is 0 Å². The van der Waals surface area contributed by atoms with Gasteiger partial charge in [0.15, 0.2) is 0 Å². The summed E-state index contributed by atoms with van der Waals surface area (Å²) in [5, 5.41) is 10.3. The van der Waals surface area contributed by atoms with Crippen molar-refractivity contribution >= 4 is 0 Å². The average Bonchev–Trinajstić information content (AvgIpc) is 2.57. The van der Waals surface area contributed by atoms with Crippen molar-refractivity contribution in [3.63, 3.8) is 0 Å². The first-order valence-corrected chi connectivity index (χ1v) is 4.60. The Labute approximate surface area is 72.6 Å². The highest BCUT2D eigenvalue weighted by molar-refractivity contribution is 5.11. The van der Waals surface area contributed by atoms with Crippen molar-refractivity contribution in [3.8, 4) is 0 Å². The number of piperidine rings is 1. The van der Waals surface area contributed by atoms with Crippen LogP contribution in [0.25, 0.3) is 0 Å². The minimum absolute atomic E-state index is 0.512. The van der Waals surface area contributed by atoms with E-state index in [2.05, 4.69) is 22.4 Å². The van der Waals surface area contributed by atoms with Crippen molar-refractivity contribution in [1.29, 1.82) is 0 Å². The third-order valence-electron chi connectivity index (χ3n) is 2.65. The first kappa shape index (κ1) is 7.80. The van der Waals surface area contributed by atoms with Gasteiger partial charge in [0.1, 0.15) is 0 Å². The van der Waals surface area contributed by atoms with E-state index in [0.717, 1.165) is 12.5 Å². The largest absolute Gasteiger partial charge is 0.310 e. The molecular weight excluding hydrogens is 150 g/mol. The lowest BCUT2D eigenvalue weighted by Gasteiger charge is -2.29. The molecule has 2 N–H and O–H groups in total. The van der Waals surface area contributed by atoms with Crippen molar-refractivity contribution in [2.75, 3.05) is 6.54 Å². The maximum atomic E-state index is 3.97. The smallest absolute Gasteiger partial charge is 0.0535 e. The van der Waals surface area contributed by atoms with Gasteiger partial charge in [-0.3, -0.25) is 5.10 Å². The standard InChI is InChI=1S/C9H15N3/c1-7-3-2-4-10-9(7)8-5-11-12-6-8/h5-7,9-10H,2-4H2,1H3,(H,11,12). The maximum Gasteiger partial charge on any atom is 0.0535 e. The molecule has 1 aliphatic heterocycles. The van der Waals surface area contributed by atoms with Gasteiger partial charge in [0.2, 0.25) is 0 Å². The molecule has 0 bridgehead atoms. The molecule has 0 aromatic carbocycles. The molecule has 3 heteroatoms. The van der Waals surface area contributed by atoms with Crippen LogP contribution >= 0.6 is 0 Å². The molecule has 3 nitrogen and oxygen atoms in total. The Kier molecular flexibility index (Phi) is 2.13. The Morgan fingerprint density at radius 1 is 1.58 bits per heavy atom. The second kappa shape index (κ2) is 3.27. The molecule has 2 atom stereocenters. The molecule has 0 radical (unpaired) electrons. The second-order valence-corrected chi connectivity index (χ2v) is 3.58. The van der Waals surface area contributed by atoms with E-state index in [1.807, 2.05) is 12.4 Å². The van der Waals surface area contributed by atoms with E-state index in [9.17, 15) is 0 Å². The van der Waals surface area contributed by atoms with Crippen LogP contribution in [-0.4, -0.2) is 16.7 Å². The number of aromatic amines is 1. The lowest BCUT2D eigenvalue weighted by atomic mass is 9.89. The van der Waals surface area contributed by atoms with Gasteiger partial charge in [0, 0.05) is 17.8 Å². The molecule has 2 heterocycles. The predicted molar refractivity (Wildman–Crippen MR) is 47.7 cm³/mol. The van der Waals surface area contributed by atoms with E-state index in [1.165, 1.54) is 18.4 Å². The maximum absolute atomic E-state index is 3.97. The number of nitrogens with one attached hydrogen (secondary N) is 2. The molecule has 1 aromatic heterocycles. The van der Waals surface area contributed by atoms with E-state index in [4.69, 9.17) is 0 Å². The van der Waals surface area contributed by atoms with E-state index in [-0.39, 0.29) is 0 Å². The Morgan fingerprint density at radius 2 is 2.50 bits per heavy atom. The van der Waals surface area contributed by atoms with Crippen molar-refractivity contribution in [1.82, 2.24) is 15.5 Å². The number of nitrogens with zero attached hydrogens (tertiary/aromatic N) is 1. The third-order valence-corrected chi connectivity index (χ3v) is 2.65. The lowest BCUT2D eigenvalue weighted by Crippen LogP contribution is -2.32. The number of hydrogen-bond donors (Lipinski definition) is 2. The zero-order chi connectivity index (χ0) is 8.39. The molecule has 2 unspecified atom stereocenters. The molecular formula is C9H15N3. The summed E-state index contributed by atoms with van der Waals surface area (Å²) in [6, 6.07) is 0.512. The number of aromatic nitrogens is 2. The topological polar surface area (TPSA) is 40.7 Å². The summed E-state index contributed by atoms with van der Waals surface area (Å²) in [4.78, 5) is 0. The zero-order valence-corrected chi connectivity index (χ0v) is 7.38. The third kappa shape index (κ3) is 1.37. The minimum atomic E-state index is 0.512. The summed E-state index contributed by atoms with van der Waals surface area (Å²) in [5.74, 6) is 0.733. The molecule has 1 fully saturated rings. The number of H-pyrrole nitrogens is 1. The van der Waals surface area contributed by atoms with Crippen LogP contribution in [0.4, 0.5) is 0 Å². The Hall–Kier alpha value is -0.830. The van der Waals surface area contributed by atoms with Crippen LogP contribution < -0.4 is 5.32 Å². The molecule has 0 amide bonds. The Balaban J connectivity index is 2.11. The van der Waals surface area contributed by atoms with E-state index in [0.29, 0.717) is 6.04 Å². The predicted octanol–water partition coefficient (Wildman–Crippen LogP) is 1.47. The average molecular weight is 165 g/mol. The minimum Gasteiger partial charge on any atom is -0.310 e. The number of rotatable bonds is 1. The quantitative estimate of drug-likeness (QED) is 0.661. The summed E-state index contributed by atoms with van der Waals surface area (Å²) in [6.45, 7) is 3.43. The summed E-state index contributed by atoms with van der Waals surface area (Å²) in [7, 11) is 0. The van der Waals surface area contributed by atoms with Crippen LogP contribution in [0.5, 0.6) is 0 Å². The fourth-order valence-corrected chi connectivity index (χ4v) is 1.93. The summed E-state index contributed by atoms with van der Waals surface area (Å²) in [6.07, 6.45) is 6.53. The Bertz CT molecular complexity index is 230. The summed E-state index contributed by atoms with van der Waals surface area (Å²) < 4.78 is 0. The van der Waals surface area contributed by atoms with E-state index in [1.54, 1.807) is 0 Å². The van der Waals surface area contributed by atoms with Crippen molar-refractivity contribution < 1.29 is 0 Å². The fourth-order valence-electron chi connectivity index (χ4n) is 1.93. The number of hydrogen-bond acceptors (Lipinski definition) is 2. The molecule has 66 valence electrons. The van der Waals surface area contributed by atoms with Gasteiger partial charge in [-0.1, -0.05) is 6.92 Å². The molecule has 0 spiro atoms. The van der Waals surface area contributed by atoms with Gasteiger partial charge < -0.3 is 5.32 Å². The first-order valence-electron chi connectivity index (χ1n) is 4.60. The zero-order valence-electron chi connectivity index (χ0n) is 7.38. The van der Waals surface area contributed by atoms with Gasteiger partial charge in [0.05, 0.1) is 6.20 Å². The second-order valence-electron chi connectivity index (χ2n) is 3.58. The van der Waals surface area contributed by atoms with Crippen LogP contribution in [0.3, 0.4) is 0 Å². The molecule has 1 aliphatic rings. The molecule has 12 heavy (non-hydrogen) atoms. The van der Waals surface area contributed by atoms with Gasteiger partial charge in [-0.15, -0.1) is 0 Å². The van der Waals surface area contributed by atoms with Crippen molar-refractivity contribution in [3.05, 3.63) is 18.0 Å². The van der Waals surface area contributed by atoms with Gasteiger partial charge in [-0.05, 0) is 25.3 Å². The van der Waals surface area contributed by atoms with Gasteiger partial charge in [-0.25, -0.2) is 0 Å². The summed E-state index contributed by atoms with van der Waals surface area (Å²) >= 11 is 0. The van der Waals surface area contributed by atoms with Gasteiger partial charge in [-0.2, -0.15) is 5.10 Å². The fraction of sp³-hybridized carbons (Fsp3) is 0.667. The molecule has 0 saturated carbocycles. The SMILES string of the molecule is CC1CCCNC1c1cn[nH]c1. The monoisotopic (exact) mass is 165 g/mol. The highest BCUT2D eigenvalue weighted by Gasteiger charge is 2.22. The van der Waals surface area contributed by atoms with Crippen LogP contribution in [0, 0.1) is 5.92 Å². The van der Waals surface area contributed by atoms with Gasteiger partial charge >= 0.3 is 0 Å². The highest BCUT2D eigenvalue weighted by Crippen LogP contribution is 2.27. The van der Waals surface area contributed by atoms with Crippen molar-refractivity contribution in [2.45, 2.75) is 25.8 Å². The first-order chi connectivity index (χ1) is 5.88.